The number of methoxy groups -OCH3 is 1. The van der Waals surface area contributed by atoms with Crippen molar-refractivity contribution < 1.29 is 4.74 Å². The van der Waals surface area contributed by atoms with Crippen LogP contribution in [0, 0.1) is 0 Å². The summed E-state index contributed by atoms with van der Waals surface area (Å²) in [5.41, 5.74) is 2.03. The van der Waals surface area contributed by atoms with Gasteiger partial charge in [0.25, 0.3) is 0 Å². The predicted molar refractivity (Wildman–Crippen MR) is 65.9 cm³/mol. The molecule has 0 atom stereocenters. The molecule has 0 N–H and O–H groups in total. The van der Waals surface area contributed by atoms with Crippen LogP contribution in [0.4, 0.5) is 0 Å². The van der Waals surface area contributed by atoms with Gasteiger partial charge in [-0.15, -0.1) is 0 Å². The Labute approximate surface area is 101 Å². The molecule has 1 heterocycles. The number of alkyl halides is 1. The molecular weight excluding hydrogens is 277 g/mol. The maximum atomic E-state index is 6.13. The van der Waals surface area contributed by atoms with Crippen molar-refractivity contribution in [2.75, 3.05) is 7.11 Å². The van der Waals surface area contributed by atoms with Crippen molar-refractivity contribution in [3.63, 3.8) is 0 Å². The second-order valence-corrected chi connectivity index (χ2v) is 4.10. The fraction of sp³-hybridized carbons (Fsp3) is 0.182. The van der Waals surface area contributed by atoms with Crippen LogP contribution in [-0.2, 0) is 5.33 Å². The van der Waals surface area contributed by atoms with Crippen molar-refractivity contribution in [2.24, 2.45) is 0 Å². The van der Waals surface area contributed by atoms with Gasteiger partial charge in [-0.25, -0.2) is 4.98 Å². The van der Waals surface area contributed by atoms with E-state index in [-0.39, 0.29) is 0 Å². The Hall–Kier alpha value is -0.800. The first-order chi connectivity index (χ1) is 7.24. The van der Waals surface area contributed by atoms with Crippen molar-refractivity contribution in [1.29, 1.82) is 0 Å². The van der Waals surface area contributed by atoms with Gasteiger partial charge >= 0.3 is 0 Å². The van der Waals surface area contributed by atoms with E-state index in [9.17, 15) is 0 Å². The number of fused-ring (bicyclic) bond motifs is 1. The molecule has 0 aliphatic heterocycles. The number of hydrogen-bond acceptors (Lipinski definition) is 2. The molecule has 0 saturated carbocycles. The molecule has 0 radical (unpaired) electrons. The van der Waals surface area contributed by atoms with Crippen LogP contribution in [0.15, 0.2) is 24.3 Å². The standard InChI is InChI=1S/C11H9BrClNO/c1-15-11-5-9(13)8-4-7(6-12)2-3-10(8)14-11/h2-5H,6H2,1H3. The number of pyridine rings is 1. The van der Waals surface area contributed by atoms with Crippen molar-refractivity contribution in [3.8, 4) is 5.88 Å². The topological polar surface area (TPSA) is 22.1 Å². The molecule has 0 spiro atoms. The lowest BCUT2D eigenvalue weighted by atomic mass is 10.1. The normalized spacial score (nSPS) is 10.6. The van der Waals surface area contributed by atoms with Gasteiger partial charge in [0.2, 0.25) is 5.88 Å². The Morgan fingerprint density at radius 1 is 1.40 bits per heavy atom. The van der Waals surface area contributed by atoms with E-state index < -0.39 is 0 Å². The summed E-state index contributed by atoms with van der Waals surface area (Å²) in [7, 11) is 1.58. The lowest BCUT2D eigenvalue weighted by Crippen LogP contribution is -1.89. The molecular formula is C11H9BrClNO. The van der Waals surface area contributed by atoms with E-state index in [4.69, 9.17) is 16.3 Å². The molecule has 0 amide bonds. The minimum Gasteiger partial charge on any atom is -0.481 e. The predicted octanol–water partition coefficient (Wildman–Crippen LogP) is 3.79. The van der Waals surface area contributed by atoms with Crippen LogP contribution in [0.25, 0.3) is 10.9 Å². The first kappa shape index (κ1) is 10.7. The Kier molecular flexibility index (Phi) is 3.12. The summed E-state index contributed by atoms with van der Waals surface area (Å²) in [5, 5.41) is 2.43. The minimum atomic E-state index is 0.541. The van der Waals surface area contributed by atoms with E-state index in [1.807, 2.05) is 18.2 Å². The van der Waals surface area contributed by atoms with Crippen LogP contribution in [0.5, 0.6) is 5.88 Å². The summed E-state index contributed by atoms with van der Waals surface area (Å²) >= 11 is 9.54. The molecule has 1 aromatic carbocycles. The highest BCUT2D eigenvalue weighted by molar-refractivity contribution is 9.08. The van der Waals surface area contributed by atoms with Gasteiger partial charge in [0.1, 0.15) is 0 Å². The molecule has 4 heteroatoms. The Morgan fingerprint density at radius 2 is 2.20 bits per heavy atom. The van der Waals surface area contributed by atoms with Gasteiger partial charge in [-0.05, 0) is 17.7 Å². The van der Waals surface area contributed by atoms with Crippen LogP contribution in [-0.4, -0.2) is 12.1 Å². The zero-order valence-electron chi connectivity index (χ0n) is 8.13. The largest absolute Gasteiger partial charge is 0.481 e. The Bertz CT molecular complexity index is 501. The fourth-order valence-electron chi connectivity index (χ4n) is 1.40. The van der Waals surface area contributed by atoms with Crippen molar-refractivity contribution in [2.45, 2.75) is 5.33 Å². The zero-order valence-corrected chi connectivity index (χ0v) is 10.5. The van der Waals surface area contributed by atoms with Crippen LogP contribution >= 0.6 is 27.5 Å². The molecule has 0 unspecified atom stereocenters. The van der Waals surface area contributed by atoms with Crippen LogP contribution in [0.1, 0.15) is 5.56 Å². The van der Waals surface area contributed by atoms with Crippen molar-refractivity contribution in [1.82, 2.24) is 4.98 Å². The smallest absolute Gasteiger partial charge is 0.215 e. The van der Waals surface area contributed by atoms with E-state index in [0.29, 0.717) is 10.9 Å². The van der Waals surface area contributed by atoms with E-state index >= 15 is 0 Å². The van der Waals surface area contributed by atoms with Crippen molar-refractivity contribution >= 4 is 38.4 Å². The van der Waals surface area contributed by atoms with E-state index in [1.165, 1.54) is 5.56 Å². The Morgan fingerprint density at radius 3 is 2.87 bits per heavy atom. The highest BCUT2D eigenvalue weighted by Gasteiger charge is 2.04. The molecule has 0 aliphatic rings. The lowest BCUT2D eigenvalue weighted by molar-refractivity contribution is 0.399. The molecule has 0 bridgehead atoms. The van der Waals surface area contributed by atoms with Gasteiger partial charge in [0.15, 0.2) is 0 Å². The number of nitrogens with zero attached hydrogens (tertiary/aromatic N) is 1. The number of benzene rings is 1. The third-order valence-electron chi connectivity index (χ3n) is 2.16. The van der Waals surface area contributed by atoms with Crippen LogP contribution < -0.4 is 4.74 Å². The monoisotopic (exact) mass is 285 g/mol. The zero-order chi connectivity index (χ0) is 10.8. The van der Waals surface area contributed by atoms with Crippen LogP contribution in [0.3, 0.4) is 0 Å². The molecule has 2 aromatic rings. The molecule has 2 nitrogen and oxygen atoms in total. The first-order valence-corrected chi connectivity index (χ1v) is 5.93. The molecule has 0 saturated heterocycles. The highest BCUT2D eigenvalue weighted by atomic mass is 79.9. The maximum Gasteiger partial charge on any atom is 0.215 e. The SMILES string of the molecule is COc1cc(Cl)c2cc(CBr)ccc2n1. The molecule has 0 aliphatic carbocycles. The summed E-state index contributed by atoms with van der Waals surface area (Å²) in [5.74, 6) is 0.541. The van der Waals surface area contributed by atoms with Gasteiger partial charge in [0, 0.05) is 16.8 Å². The summed E-state index contributed by atoms with van der Waals surface area (Å²) in [6, 6.07) is 7.71. The van der Waals surface area contributed by atoms with Crippen molar-refractivity contribution in [3.05, 3.63) is 34.9 Å². The minimum absolute atomic E-state index is 0.541. The molecule has 78 valence electrons. The number of hydrogen-bond donors (Lipinski definition) is 0. The third-order valence-corrected chi connectivity index (χ3v) is 3.12. The molecule has 1 aromatic heterocycles. The molecule has 0 fully saturated rings. The average Bonchev–Trinajstić information content (AvgIpc) is 2.28. The molecule has 2 rings (SSSR count). The number of ether oxygens (including phenoxy) is 1. The quantitative estimate of drug-likeness (QED) is 0.784. The summed E-state index contributed by atoms with van der Waals surface area (Å²) in [6.45, 7) is 0. The molecule has 15 heavy (non-hydrogen) atoms. The second-order valence-electron chi connectivity index (χ2n) is 3.13. The average molecular weight is 287 g/mol. The second kappa shape index (κ2) is 4.37. The summed E-state index contributed by atoms with van der Waals surface area (Å²) < 4.78 is 5.05. The fourth-order valence-corrected chi connectivity index (χ4v) is 1.99. The highest BCUT2D eigenvalue weighted by Crippen LogP contribution is 2.27. The maximum absolute atomic E-state index is 6.13. The van der Waals surface area contributed by atoms with Crippen LogP contribution in [0.2, 0.25) is 5.02 Å². The number of rotatable bonds is 2. The summed E-state index contributed by atoms with van der Waals surface area (Å²) in [6.07, 6.45) is 0. The van der Waals surface area contributed by atoms with Gasteiger partial charge in [-0.1, -0.05) is 33.6 Å². The third kappa shape index (κ3) is 2.08. The van der Waals surface area contributed by atoms with E-state index in [0.717, 1.165) is 16.2 Å². The van der Waals surface area contributed by atoms with E-state index in [2.05, 4.69) is 20.9 Å². The van der Waals surface area contributed by atoms with Gasteiger partial charge in [-0.2, -0.15) is 0 Å². The van der Waals surface area contributed by atoms with E-state index in [1.54, 1.807) is 13.2 Å². The Balaban J connectivity index is 2.68. The first-order valence-electron chi connectivity index (χ1n) is 4.43. The summed E-state index contributed by atoms with van der Waals surface area (Å²) in [4.78, 5) is 4.31. The number of halogens is 2. The lowest BCUT2D eigenvalue weighted by Gasteiger charge is -2.05. The van der Waals surface area contributed by atoms with Gasteiger partial charge < -0.3 is 4.74 Å². The van der Waals surface area contributed by atoms with Gasteiger partial charge in [0.05, 0.1) is 17.6 Å². The number of aromatic nitrogens is 1. The van der Waals surface area contributed by atoms with Gasteiger partial charge in [-0.3, -0.25) is 0 Å².